The van der Waals surface area contributed by atoms with Gasteiger partial charge >= 0.3 is 5.97 Å². The normalized spacial score (nSPS) is 13.6. The van der Waals surface area contributed by atoms with Gasteiger partial charge in [-0.3, -0.25) is 9.88 Å². The molecule has 0 radical (unpaired) electrons. The first kappa shape index (κ1) is 16.7. The van der Waals surface area contributed by atoms with Gasteiger partial charge in [0, 0.05) is 19.2 Å². The van der Waals surface area contributed by atoms with Crippen molar-refractivity contribution in [2.75, 3.05) is 20.6 Å². The first-order valence-corrected chi connectivity index (χ1v) is 8.63. The summed E-state index contributed by atoms with van der Waals surface area (Å²) >= 11 is 0. The Hall–Kier alpha value is -1.68. The first-order chi connectivity index (χ1) is 10.6. The molecule has 0 bridgehead atoms. The molecule has 2 aromatic carbocycles. The number of ether oxygens (including phenoxy) is 2. The molecule has 0 amide bonds. The van der Waals surface area contributed by atoms with Crippen LogP contribution in [0.5, 0.6) is 5.75 Å². The van der Waals surface area contributed by atoms with Gasteiger partial charge in [-0.15, -0.1) is 0 Å². The molecule has 5 nitrogen and oxygen atoms in total. The number of rotatable bonds is 7. The van der Waals surface area contributed by atoms with E-state index in [0.717, 1.165) is 16.5 Å². The SMILES string of the molecule is COCOC(=O)[C@H](C)NP(C)Oc1cccc2ccccc12. The number of benzene rings is 2. The molecule has 0 spiro atoms. The van der Waals surface area contributed by atoms with Crippen molar-refractivity contribution >= 4 is 25.0 Å². The third-order valence-electron chi connectivity index (χ3n) is 3.03. The zero-order valence-corrected chi connectivity index (χ0v) is 13.8. The van der Waals surface area contributed by atoms with Crippen molar-refractivity contribution < 1.29 is 18.8 Å². The minimum Gasteiger partial charge on any atom is -0.458 e. The van der Waals surface area contributed by atoms with Gasteiger partial charge in [-0.2, -0.15) is 0 Å². The Kier molecular flexibility index (Phi) is 6.13. The Balaban J connectivity index is 1.99. The second-order valence-electron chi connectivity index (χ2n) is 4.79. The first-order valence-electron chi connectivity index (χ1n) is 6.93. The lowest BCUT2D eigenvalue weighted by atomic mass is 10.1. The summed E-state index contributed by atoms with van der Waals surface area (Å²) in [6, 6.07) is 13.5. The minimum atomic E-state index is -1.01. The van der Waals surface area contributed by atoms with Crippen molar-refractivity contribution in [3.8, 4) is 5.75 Å². The Morgan fingerprint density at radius 2 is 1.95 bits per heavy atom. The van der Waals surface area contributed by atoms with E-state index in [1.807, 2.05) is 49.1 Å². The molecule has 1 unspecified atom stereocenters. The lowest BCUT2D eigenvalue weighted by Gasteiger charge is -2.20. The van der Waals surface area contributed by atoms with E-state index >= 15 is 0 Å². The summed E-state index contributed by atoms with van der Waals surface area (Å²) in [6.07, 6.45) is 0. The molecule has 2 aromatic rings. The van der Waals surface area contributed by atoms with Crippen molar-refractivity contribution in [1.29, 1.82) is 0 Å². The van der Waals surface area contributed by atoms with Crippen LogP contribution in [0, 0.1) is 0 Å². The van der Waals surface area contributed by atoms with Crippen LogP contribution in [-0.4, -0.2) is 32.6 Å². The van der Waals surface area contributed by atoms with Crippen molar-refractivity contribution in [2.45, 2.75) is 13.0 Å². The average molecular weight is 321 g/mol. The highest BCUT2D eigenvalue weighted by molar-refractivity contribution is 7.50. The fourth-order valence-electron chi connectivity index (χ4n) is 2.02. The monoisotopic (exact) mass is 321 g/mol. The average Bonchev–Trinajstić information content (AvgIpc) is 2.52. The third-order valence-corrected chi connectivity index (χ3v) is 4.25. The summed E-state index contributed by atoms with van der Waals surface area (Å²) < 4.78 is 15.6. The standard InChI is InChI=1S/C16H20NO4P/c1-12(16(18)20-11-19-2)17-22(3)21-15-10-6-8-13-7-4-5-9-14(13)15/h4-10,12,17H,11H2,1-3H3/t12-,22?/m0/s1. The summed E-state index contributed by atoms with van der Waals surface area (Å²) in [6.45, 7) is 3.61. The molecule has 0 fully saturated rings. The van der Waals surface area contributed by atoms with E-state index in [1.165, 1.54) is 7.11 Å². The van der Waals surface area contributed by atoms with Gasteiger partial charge in [0.25, 0.3) is 0 Å². The van der Waals surface area contributed by atoms with Gasteiger partial charge in [0.05, 0.1) is 0 Å². The molecule has 1 N–H and O–H groups in total. The lowest BCUT2D eigenvalue weighted by molar-refractivity contribution is -0.155. The second-order valence-corrected chi connectivity index (χ2v) is 6.22. The zero-order valence-electron chi connectivity index (χ0n) is 12.9. The van der Waals surface area contributed by atoms with Gasteiger partial charge in [-0.1, -0.05) is 36.4 Å². The maximum atomic E-state index is 11.7. The maximum absolute atomic E-state index is 11.7. The van der Waals surface area contributed by atoms with Crippen LogP contribution in [0.25, 0.3) is 10.8 Å². The van der Waals surface area contributed by atoms with Crippen molar-refractivity contribution in [3.63, 3.8) is 0 Å². The van der Waals surface area contributed by atoms with Gasteiger partial charge in [0.1, 0.15) is 11.8 Å². The fourth-order valence-corrected chi connectivity index (χ4v) is 3.17. The number of esters is 1. The predicted molar refractivity (Wildman–Crippen MR) is 88.0 cm³/mol. The molecule has 0 aliphatic heterocycles. The molecule has 2 rings (SSSR count). The van der Waals surface area contributed by atoms with E-state index < -0.39 is 14.3 Å². The summed E-state index contributed by atoms with van der Waals surface area (Å²) in [7, 11) is 0.465. The summed E-state index contributed by atoms with van der Waals surface area (Å²) in [5.74, 6) is 0.439. The highest BCUT2D eigenvalue weighted by atomic mass is 31.2. The lowest BCUT2D eigenvalue weighted by Crippen LogP contribution is -2.33. The Morgan fingerprint density at radius 3 is 2.73 bits per heavy atom. The minimum absolute atomic E-state index is 0.0450. The molecule has 0 saturated heterocycles. The number of hydrogen-bond acceptors (Lipinski definition) is 5. The molecule has 118 valence electrons. The smallest absolute Gasteiger partial charge is 0.325 e. The van der Waals surface area contributed by atoms with E-state index in [2.05, 4.69) is 5.09 Å². The quantitative estimate of drug-likeness (QED) is 0.482. The molecule has 6 heteroatoms. The van der Waals surface area contributed by atoms with Crippen LogP contribution in [0.3, 0.4) is 0 Å². The largest absolute Gasteiger partial charge is 0.458 e. The van der Waals surface area contributed by atoms with Crippen LogP contribution in [0.4, 0.5) is 0 Å². The van der Waals surface area contributed by atoms with Crippen LogP contribution in [-0.2, 0) is 14.3 Å². The third kappa shape index (κ3) is 4.41. The molecule has 0 heterocycles. The van der Waals surface area contributed by atoms with Gasteiger partial charge in [0.15, 0.2) is 15.1 Å². The predicted octanol–water partition coefficient (Wildman–Crippen LogP) is 3.29. The van der Waals surface area contributed by atoms with Gasteiger partial charge in [0.2, 0.25) is 0 Å². The number of hydrogen-bond donors (Lipinski definition) is 1. The van der Waals surface area contributed by atoms with Gasteiger partial charge in [-0.05, 0) is 18.4 Å². The number of fused-ring (bicyclic) bond motifs is 1. The van der Waals surface area contributed by atoms with E-state index in [9.17, 15) is 4.79 Å². The highest BCUT2D eigenvalue weighted by Gasteiger charge is 2.18. The number of carbonyl (C=O) groups is 1. The molecule has 2 atom stereocenters. The number of nitrogens with one attached hydrogen (secondary N) is 1. The Labute approximate surface area is 131 Å². The molecular weight excluding hydrogens is 301 g/mol. The van der Waals surface area contributed by atoms with Crippen LogP contribution in [0.2, 0.25) is 0 Å². The molecule has 22 heavy (non-hydrogen) atoms. The maximum Gasteiger partial charge on any atom is 0.325 e. The molecule has 0 aromatic heterocycles. The van der Waals surface area contributed by atoms with Crippen LogP contribution in [0.15, 0.2) is 42.5 Å². The van der Waals surface area contributed by atoms with E-state index in [4.69, 9.17) is 14.0 Å². The molecular formula is C16H20NO4P. The van der Waals surface area contributed by atoms with Crippen molar-refractivity contribution in [2.24, 2.45) is 0 Å². The van der Waals surface area contributed by atoms with Crippen LogP contribution >= 0.6 is 8.30 Å². The second kappa shape index (κ2) is 8.08. The van der Waals surface area contributed by atoms with E-state index in [0.29, 0.717) is 0 Å². The van der Waals surface area contributed by atoms with E-state index in [-0.39, 0.29) is 12.8 Å². The molecule has 0 aliphatic rings. The Bertz CT molecular complexity index is 629. The zero-order chi connectivity index (χ0) is 15.9. The van der Waals surface area contributed by atoms with E-state index in [1.54, 1.807) is 6.92 Å². The molecule has 0 saturated carbocycles. The van der Waals surface area contributed by atoms with Crippen molar-refractivity contribution in [3.05, 3.63) is 42.5 Å². The number of methoxy groups -OCH3 is 1. The highest BCUT2D eigenvalue weighted by Crippen LogP contribution is 2.35. The summed E-state index contributed by atoms with van der Waals surface area (Å²) in [4.78, 5) is 11.7. The van der Waals surface area contributed by atoms with Crippen LogP contribution in [0.1, 0.15) is 6.92 Å². The molecule has 0 aliphatic carbocycles. The van der Waals surface area contributed by atoms with Crippen molar-refractivity contribution in [1.82, 2.24) is 5.09 Å². The number of carbonyl (C=O) groups excluding carboxylic acids is 1. The van der Waals surface area contributed by atoms with Gasteiger partial charge in [-0.25, -0.2) is 0 Å². The van der Waals surface area contributed by atoms with Crippen LogP contribution < -0.4 is 9.61 Å². The summed E-state index contributed by atoms with van der Waals surface area (Å²) in [5, 5.41) is 5.29. The van der Waals surface area contributed by atoms with Gasteiger partial charge < -0.3 is 14.0 Å². The topological polar surface area (TPSA) is 56.8 Å². The fraction of sp³-hybridized carbons (Fsp3) is 0.312. The Morgan fingerprint density at radius 1 is 1.23 bits per heavy atom. The summed E-state index contributed by atoms with van der Waals surface area (Å²) in [5.41, 5.74) is 0.